The summed E-state index contributed by atoms with van der Waals surface area (Å²) in [5, 5.41) is 6.82. The van der Waals surface area contributed by atoms with Crippen LogP contribution in [0.4, 0.5) is 4.39 Å². The molecule has 0 radical (unpaired) electrons. The number of hydrogen-bond acceptors (Lipinski definition) is 3. The lowest BCUT2D eigenvalue weighted by Crippen LogP contribution is -2.28. The van der Waals surface area contributed by atoms with E-state index in [9.17, 15) is 9.18 Å². The smallest absolute Gasteiger partial charge is 0.270 e. The van der Waals surface area contributed by atoms with Gasteiger partial charge >= 0.3 is 0 Å². The van der Waals surface area contributed by atoms with Crippen LogP contribution < -0.4 is 5.32 Å². The molecule has 0 aliphatic rings. The van der Waals surface area contributed by atoms with Crippen LogP contribution in [0.25, 0.3) is 5.65 Å². The highest BCUT2D eigenvalue weighted by Crippen LogP contribution is 2.07. The zero-order valence-electron chi connectivity index (χ0n) is 11.2. The first-order valence-corrected chi connectivity index (χ1v) is 6.56. The van der Waals surface area contributed by atoms with Crippen molar-refractivity contribution >= 4 is 11.6 Å². The summed E-state index contributed by atoms with van der Waals surface area (Å²) in [6.07, 6.45) is 3.58. The van der Waals surface area contributed by atoms with Gasteiger partial charge in [-0.25, -0.2) is 13.9 Å². The summed E-state index contributed by atoms with van der Waals surface area (Å²) in [7, 11) is 0. The molecule has 0 fully saturated rings. The van der Waals surface area contributed by atoms with Gasteiger partial charge < -0.3 is 5.32 Å². The van der Waals surface area contributed by atoms with Gasteiger partial charge in [0.25, 0.3) is 5.91 Å². The molecular weight excluding hydrogens is 271 g/mol. The second-order valence-electron chi connectivity index (χ2n) is 4.53. The molecule has 0 spiro atoms. The normalized spacial score (nSPS) is 10.7. The molecule has 0 saturated heterocycles. The van der Waals surface area contributed by atoms with Crippen molar-refractivity contribution in [3.63, 3.8) is 0 Å². The van der Waals surface area contributed by atoms with Gasteiger partial charge in [0, 0.05) is 18.8 Å². The Hall–Kier alpha value is -2.76. The van der Waals surface area contributed by atoms with Gasteiger partial charge in [-0.05, 0) is 24.1 Å². The standard InChI is InChI=1S/C15H13FN4O/c16-12-4-2-1-3-11(12)5-8-18-15(21)13-6-9-17-14-7-10-19-20(13)14/h1-4,6-7,9-10H,5,8H2,(H,18,21). The van der Waals surface area contributed by atoms with Gasteiger partial charge in [-0.2, -0.15) is 5.10 Å². The molecular formula is C15H13FN4O. The van der Waals surface area contributed by atoms with Gasteiger partial charge in [0.1, 0.15) is 11.5 Å². The average molecular weight is 284 g/mol. The maximum Gasteiger partial charge on any atom is 0.270 e. The number of halogens is 1. The van der Waals surface area contributed by atoms with Crippen LogP contribution in [0, 0.1) is 5.82 Å². The first-order valence-electron chi connectivity index (χ1n) is 6.56. The molecule has 21 heavy (non-hydrogen) atoms. The molecule has 0 unspecified atom stereocenters. The van der Waals surface area contributed by atoms with E-state index >= 15 is 0 Å². The molecule has 2 heterocycles. The third kappa shape index (κ3) is 2.74. The minimum Gasteiger partial charge on any atom is -0.350 e. The predicted molar refractivity (Wildman–Crippen MR) is 75.4 cm³/mol. The van der Waals surface area contributed by atoms with Crippen molar-refractivity contribution < 1.29 is 9.18 Å². The van der Waals surface area contributed by atoms with E-state index < -0.39 is 0 Å². The fraction of sp³-hybridized carbons (Fsp3) is 0.133. The number of nitrogens with zero attached hydrogens (tertiary/aromatic N) is 3. The lowest BCUT2D eigenvalue weighted by molar-refractivity contribution is 0.0946. The highest BCUT2D eigenvalue weighted by Gasteiger charge is 2.10. The average Bonchev–Trinajstić information content (AvgIpc) is 2.97. The fourth-order valence-electron chi connectivity index (χ4n) is 2.11. The molecule has 6 heteroatoms. The van der Waals surface area contributed by atoms with Crippen LogP contribution in [0.3, 0.4) is 0 Å². The van der Waals surface area contributed by atoms with E-state index in [-0.39, 0.29) is 11.7 Å². The van der Waals surface area contributed by atoms with Gasteiger partial charge in [-0.1, -0.05) is 18.2 Å². The highest BCUT2D eigenvalue weighted by molar-refractivity contribution is 5.92. The van der Waals surface area contributed by atoms with Crippen LogP contribution in [-0.2, 0) is 6.42 Å². The number of hydrogen-bond donors (Lipinski definition) is 1. The lowest BCUT2D eigenvalue weighted by atomic mass is 10.1. The minimum absolute atomic E-state index is 0.259. The number of rotatable bonds is 4. The van der Waals surface area contributed by atoms with Gasteiger partial charge in [0.15, 0.2) is 5.65 Å². The summed E-state index contributed by atoms with van der Waals surface area (Å²) in [4.78, 5) is 16.2. The first-order chi connectivity index (χ1) is 10.3. The van der Waals surface area contributed by atoms with E-state index in [2.05, 4.69) is 15.4 Å². The minimum atomic E-state index is -0.262. The summed E-state index contributed by atoms with van der Waals surface area (Å²) >= 11 is 0. The van der Waals surface area contributed by atoms with Crippen molar-refractivity contribution in [3.05, 3.63) is 65.9 Å². The number of carbonyl (C=O) groups excluding carboxylic acids is 1. The van der Waals surface area contributed by atoms with E-state index in [1.54, 1.807) is 42.7 Å². The summed E-state index contributed by atoms with van der Waals surface area (Å²) in [5.74, 6) is -0.521. The van der Waals surface area contributed by atoms with Gasteiger partial charge in [-0.15, -0.1) is 0 Å². The predicted octanol–water partition coefficient (Wildman–Crippen LogP) is 1.84. The van der Waals surface area contributed by atoms with Crippen molar-refractivity contribution in [2.24, 2.45) is 0 Å². The quantitative estimate of drug-likeness (QED) is 0.795. The van der Waals surface area contributed by atoms with Gasteiger partial charge in [0.05, 0.1) is 6.20 Å². The Balaban J connectivity index is 1.67. The number of nitrogens with one attached hydrogen (secondary N) is 1. The Morgan fingerprint density at radius 3 is 2.90 bits per heavy atom. The SMILES string of the molecule is O=C(NCCc1ccccc1F)c1ccnc2ccnn12. The van der Waals surface area contributed by atoms with Crippen LogP contribution in [0.2, 0.25) is 0 Å². The molecule has 1 amide bonds. The fourth-order valence-corrected chi connectivity index (χ4v) is 2.11. The number of aromatic nitrogens is 3. The number of carbonyl (C=O) groups is 1. The van der Waals surface area contributed by atoms with Crippen LogP contribution in [0.1, 0.15) is 16.1 Å². The Morgan fingerprint density at radius 1 is 1.19 bits per heavy atom. The van der Waals surface area contributed by atoms with Crippen LogP contribution >= 0.6 is 0 Å². The third-order valence-corrected chi connectivity index (χ3v) is 3.16. The third-order valence-electron chi connectivity index (χ3n) is 3.16. The number of benzene rings is 1. The van der Waals surface area contributed by atoms with Crippen molar-refractivity contribution in [3.8, 4) is 0 Å². The van der Waals surface area contributed by atoms with E-state index in [0.717, 1.165) is 0 Å². The van der Waals surface area contributed by atoms with Crippen molar-refractivity contribution in [1.82, 2.24) is 19.9 Å². The molecule has 0 aliphatic heterocycles. The monoisotopic (exact) mass is 284 g/mol. The molecule has 0 bridgehead atoms. The summed E-state index contributed by atoms with van der Waals surface area (Å²) < 4.78 is 14.9. The molecule has 106 valence electrons. The largest absolute Gasteiger partial charge is 0.350 e. The van der Waals surface area contributed by atoms with Gasteiger partial charge in [0.2, 0.25) is 0 Å². The first kappa shape index (κ1) is 13.2. The zero-order valence-corrected chi connectivity index (χ0v) is 11.2. The number of fused-ring (bicyclic) bond motifs is 1. The molecule has 1 N–H and O–H groups in total. The van der Waals surface area contributed by atoms with E-state index in [0.29, 0.717) is 29.9 Å². The van der Waals surface area contributed by atoms with E-state index in [1.807, 2.05) is 0 Å². The van der Waals surface area contributed by atoms with Crippen molar-refractivity contribution in [1.29, 1.82) is 0 Å². The topological polar surface area (TPSA) is 59.3 Å². The van der Waals surface area contributed by atoms with Gasteiger partial charge in [-0.3, -0.25) is 4.79 Å². The lowest BCUT2D eigenvalue weighted by Gasteiger charge is -2.07. The molecule has 0 aliphatic carbocycles. The molecule has 2 aromatic heterocycles. The highest BCUT2D eigenvalue weighted by atomic mass is 19.1. The second-order valence-corrected chi connectivity index (χ2v) is 4.53. The Labute approximate surface area is 120 Å². The molecule has 5 nitrogen and oxygen atoms in total. The number of amides is 1. The maximum absolute atomic E-state index is 13.5. The van der Waals surface area contributed by atoms with Crippen LogP contribution in [0.5, 0.6) is 0 Å². The van der Waals surface area contributed by atoms with Crippen LogP contribution in [-0.4, -0.2) is 27.0 Å². The van der Waals surface area contributed by atoms with Crippen LogP contribution in [0.15, 0.2) is 48.8 Å². The molecule has 0 saturated carbocycles. The summed E-state index contributed by atoms with van der Waals surface area (Å²) in [6, 6.07) is 9.85. The summed E-state index contributed by atoms with van der Waals surface area (Å²) in [5.41, 5.74) is 1.59. The maximum atomic E-state index is 13.5. The molecule has 3 rings (SSSR count). The van der Waals surface area contributed by atoms with Crippen molar-refractivity contribution in [2.75, 3.05) is 6.54 Å². The Kier molecular flexibility index (Phi) is 3.59. The summed E-state index contributed by atoms with van der Waals surface area (Å²) in [6.45, 7) is 0.352. The van der Waals surface area contributed by atoms with E-state index in [4.69, 9.17) is 0 Å². The molecule has 3 aromatic rings. The van der Waals surface area contributed by atoms with Crippen molar-refractivity contribution in [2.45, 2.75) is 6.42 Å². The Bertz CT molecular complexity index is 784. The Morgan fingerprint density at radius 2 is 2.05 bits per heavy atom. The zero-order chi connectivity index (χ0) is 14.7. The van der Waals surface area contributed by atoms with E-state index in [1.165, 1.54) is 10.6 Å². The second kappa shape index (κ2) is 5.70. The molecule has 0 atom stereocenters. The molecule has 1 aromatic carbocycles.